The number of nitrogens with zero attached hydrogens (tertiary/aromatic N) is 2. The topological polar surface area (TPSA) is 92.5 Å². The summed E-state index contributed by atoms with van der Waals surface area (Å²) in [7, 11) is 0. The molecule has 0 fully saturated rings. The van der Waals surface area contributed by atoms with Gasteiger partial charge in [0, 0.05) is 16.5 Å². The van der Waals surface area contributed by atoms with Gasteiger partial charge in [0.15, 0.2) is 0 Å². The first-order valence-electron chi connectivity index (χ1n) is 7.37. The summed E-state index contributed by atoms with van der Waals surface area (Å²) in [6, 6.07) is 16.5. The van der Waals surface area contributed by atoms with Crippen LogP contribution in [-0.4, -0.2) is 16.7 Å². The van der Waals surface area contributed by atoms with Gasteiger partial charge in [-0.1, -0.05) is 48.0 Å². The van der Waals surface area contributed by atoms with Gasteiger partial charge in [0.05, 0.1) is 11.4 Å². The van der Waals surface area contributed by atoms with Gasteiger partial charge in [-0.05, 0) is 25.5 Å². The van der Waals surface area contributed by atoms with Crippen LogP contribution in [0.3, 0.4) is 0 Å². The number of fused-ring (bicyclic) bond motifs is 1. The van der Waals surface area contributed by atoms with Crippen molar-refractivity contribution in [2.24, 2.45) is 21.7 Å². The number of nitrogens with two attached hydrogens (primary N) is 2. The first kappa shape index (κ1) is 14.8. The van der Waals surface area contributed by atoms with E-state index in [1.807, 2.05) is 25.1 Å². The molecule has 5 N–H and O–H groups in total. The van der Waals surface area contributed by atoms with E-state index < -0.39 is 0 Å². The van der Waals surface area contributed by atoms with Crippen molar-refractivity contribution in [3.05, 3.63) is 59.7 Å². The fraction of sp³-hybridized carbons (Fsp3) is 0.111. The molecule has 2 aromatic carbocycles. The van der Waals surface area contributed by atoms with E-state index in [1.165, 1.54) is 5.56 Å². The van der Waals surface area contributed by atoms with Crippen molar-refractivity contribution < 1.29 is 0 Å². The third kappa shape index (κ3) is 2.94. The van der Waals surface area contributed by atoms with Crippen molar-refractivity contribution in [1.29, 1.82) is 0 Å². The van der Waals surface area contributed by atoms with Crippen LogP contribution in [0.25, 0.3) is 22.2 Å². The Labute approximate surface area is 134 Å². The zero-order valence-corrected chi connectivity index (χ0v) is 13.2. The minimum Gasteiger partial charge on any atom is -0.369 e. The van der Waals surface area contributed by atoms with Crippen molar-refractivity contribution in [3.63, 3.8) is 0 Å². The van der Waals surface area contributed by atoms with E-state index in [0.29, 0.717) is 0 Å². The Morgan fingerprint density at radius 2 is 1.65 bits per heavy atom. The molecule has 0 spiro atoms. The zero-order valence-electron chi connectivity index (χ0n) is 13.2. The van der Waals surface area contributed by atoms with E-state index >= 15 is 0 Å². The van der Waals surface area contributed by atoms with Gasteiger partial charge in [0.1, 0.15) is 0 Å². The molecule has 1 heterocycles. The molecule has 23 heavy (non-hydrogen) atoms. The van der Waals surface area contributed by atoms with Gasteiger partial charge >= 0.3 is 0 Å². The average molecular weight is 305 g/mol. The van der Waals surface area contributed by atoms with E-state index in [9.17, 15) is 0 Å². The number of guanidine groups is 1. The van der Waals surface area contributed by atoms with Crippen molar-refractivity contribution in [1.82, 2.24) is 4.98 Å². The summed E-state index contributed by atoms with van der Waals surface area (Å²) in [6.45, 7) is 3.97. The average Bonchev–Trinajstić information content (AvgIpc) is 2.92. The summed E-state index contributed by atoms with van der Waals surface area (Å²) in [5.74, 6) is -0.0546. The lowest BCUT2D eigenvalue weighted by Crippen LogP contribution is -2.22. The van der Waals surface area contributed by atoms with Crippen LogP contribution in [0.5, 0.6) is 0 Å². The normalized spacial score (nSPS) is 11.7. The number of aromatic amines is 1. The summed E-state index contributed by atoms with van der Waals surface area (Å²) in [4.78, 5) is 3.48. The molecule has 0 radical (unpaired) electrons. The molecule has 0 aliphatic carbocycles. The number of H-pyrrole nitrogens is 1. The molecule has 0 saturated heterocycles. The third-order valence-corrected chi connectivity index (χ3v) is 3.72. The second-order valence-electron chi connectivity index (χ2n) is 5.50. The predicted molar refractivity (Wildman–Crippen MR) is 96.5 cm³/mol. The van der Waals surface area contributed by atoms with Crippen LogP contribution in [0.4, 0.5) is 0 Å². The number of rotatable bonds is 3. The predicted octanol–water partition coefficient (Wildman–Crippen LogP) is 3.14. The molecular weight excluding hydrogens is 286 g/mol. The molecule has 0 atom stereocenters. The zero-order chi connectivity index (χ0) is 16.4. The fourth-order valence-corrected chi connectivity index (χ4v) is 2.64. The number of hydrogen-bond donors (Lipinski definition) is 3. The highest BCUT2D eigenvalue weighted by molar-refractivity contribution is 6.14. The van der Waals surface area contributed by atoms with Gasteiger partial charge in [0.2, 0.25) is 5.96 Å². The summed E-state index contributed by atoms with van der Waals surface area (Å²) in [5, 5.41) is 9.03. The molecule has 0 saturated carbocycles. The molecule has 3 rings (SSSR count). The lowest BCUT2D eigenvalue weighted by Gasteiger charge is -2.05. The highest BCUT2D eigenvalue weighted by Gasteiger charge is 2.15. The molecule has 5 heteroatoms. The molecular formula is C18H19N5. The Bertz CT molecular complexity index is 897. The van der Waals surface area contributed by atoms with E-state index in [-0.39, 0.29) is 5.96 Å². The summed E-state index contributed by atoms with van der Waals surface area (Å²) in [5.41, 5.74) is 16.9. The number of benzene rings is 2. The first-order valence-corrected chi connectivity index (χ1v) is 7.37. The van der Waals surface area contributed by atoms with Gasteiger partial charge < -0.3 is 16.5 Å². The van der Waals surface area contributed by atoms with Crippen LogP contribution in [0.2, 0.25) is 0 Å². The maximum atomic E-state index is 5.39. The molecule has 116 valence electrons. The maximum Gasteiger partial charge on any atom is 0.211 e. The Balaban J connectivity index is 2.25. The van der Waals surface area contributed by atoms with Gasteiger partial charge in [-0.25, -0.2) is 0 Å². The summed E-state index contributed by atoms with van der Waals surface area (Å²) in [6.07, 6.45) is 0. The number of para-hydroxylation sites is 1. The van der Waals surface area contributed by atoms with Crippen molar-refractivity contribution in [2.45, 2.75) is 13.8 Å². The van der Waals surface area contributed by atoms with Gasteiger partial charge in [-0.15, -0.1) is 5.10 Å². The van der Waals surface area contributed by atoms with Crippen molar-refractivity contribution >= 4 is 22.6 Å². The lowest BCUT2D eigenvalue weighted by molar-refractivity contribution is 1.20. The Kier molecular flexibility index (Phi) is 3.85. The Hall–Kier alpha value is -3.08. The van der Waals surface area contributed by atoms with E-state index in [1.54, 1.807) is 0 Å². The van der Waals surface area contributed by atoms with Gasteiger partial charge in [-0.3, -0.25) is 0 Å². The second-order valence-corrected chi connectivity index (χ2v) is 5.50. The smallest absolute Gasteiger partial charge is 0.211 e. The van der Waals surface area contributed by atoms with E-state index in [0.717, 1.165) is 33.4 Å². The van der Waals surface area contributed by atoms with Gasteiger partial charge in [-0.2, -0.15) is 5.10 Å². The lowest BCUT2D eigenvalue weighted by atomic mass is 10.0. The highest BCUT2D eigenvalue weighted by Crippen LogP contribution is 2.31. The standard InChI is InChI=1S/C18H19N5/c1-11-7-9-13(10-8-11)17-16(12(2)22-23-18(19)20)14-5-3-4-6-15(14)21-17/h3-10,21H,1-2H3,(H4,19,20,23)/b22-12-. The molecule has 0 unspecified atom stereocenters. The van der Waals surface area contributed by atoms with Crippen LogP contribution in [-0.2, 0) is 0 Å². The van der Waals surface area contributed by atoms with E-state index in [4.69, 9.17) is 11.5 Å². The largest absolute Gasteiger partial charge is 0.369 e. The van der Waals surface area contributed by atoms with Gasteiger partial charge in [0.25, 0.3) is 0 Å². The molecule has 0 aliphatic rings. The second kappa shape index (κ2) is 5.96. The molecule has 1 aromatic heterocycles. The highest BCUT2D eigenvalue weighted by atomic mass is 15.3. The minimum absolute atomic E-state index is 0.0546. The van der Waals surface area contributed by atoms with Crippen molar-refractivity contribution in [2.75, 3.05) is 0 Å². The summed E-state index contributed by atoms with van der Waals surface area (Å²) >= 11 is 0. The number of hydrogen-bond acceptors (Lipinski definition) is 2. The maximum absolute atomic E-state index is 5.39. The molecule has 0 amide bonds. The monoisotopic (exact) mass is 305 g/mol. The molecule has 5 nitrogen and oxygen atoms in total. The summed E-state index contributed by atoms with van der Waals surface area (Å²) < 4.78 is 0. The fourth-order valence-electron chi connectivity index (χ4n) is 2.64. The number of aromatic nitrogens is 1. The van der Waals surface area contributed by atoms with Crippen LogP contribution in [0, 0.1) is 6.92 Å². The Morgan fingerprint density at radius 3 is 2.35 bits per heavy atom. The van der Waals surface area contributed by atoms with E-state index in [2.05, 4.69) is 52.4 Å². The minimum atomic E-state index is -0.0546. The molecule has 0 aliphatic heterocycles. The van der Waals surface area contributed by atoms with Crippen LogP contribution in [0.15, 0.2) is 58.7 Å². The molecule has 0 bridgehead atoms. The quantitative estimate of drug-likeness (QED) is 0.394. The van der Waals surface area contributed by atoms with Crippen LogP contribution >= 0.6 is 0 Å². The first-order chi connectivity index (χ1) is 11.1. The molecule has 3 aromatic rings. The number of nitrogens with one attached hydrogen (secondary N) is 1. The van der Waals surface area contributed by atoms with Crippen LogP contribution in [0.1, 0.15) is 18.1 Å². The third-order valence-electron chi connectivity index (χ3n) is 3.72. The van der Waals surface area contributed by atoms with Crippen LogP contribution < -0.4 is 11.5 Å². The number of aryl methyl sites for hydroxylation is 1. The Morgan fingerprint density at radius 1 is 0.957 bits per heavy atom. The van der Waals surface area contributed by atoms with Crippen molar-refractivity contribution in [3.8, 4) is 11.3 Å². The SMILES string of the molecule is C/C(=N/N=C(N)N)c1c(-c2ccc(C)cc2)[nH]c2ccccc12.